The van der Waals surface area contributed by atoms with Crippen LogP contribution in [-0.2, 0) is 35.3 Å². The van der Waals surface area contributed by atoms with Gasteiger partial charge in [-0.1, -0.05) is 42.5 Å². The number of ether oxygens (including phenoxy) is 2. The van der Waals surface area contributed by atoms with E-state index < -0.39 is 45.3 Å². The van der Waals surface area contributed by atoms with Crippen LogP contribution in [0, 0.1) is 5.92 Å². The molecule has 0 spiro atoms. The van der Waals surface area contributed by atoms with E-state index >= 15 is 0 Å². The molecule has 0 saturated carbocycles. The van der Waals surface area contributed by atoms with Crippen molar-refractivity contribution in [2.75, 3.05) is 25.2 Å². The van der Waals surface area contributed by atoms with Crippen LogP contribution in [0.5, 0.6) is 0 Å². The lowest BCUT2D eigenvalue weighted by Crippen LogP contribution is -2.39. The van der Waals surface area contributed by atoms with E-state index in [0.29, 0.717) is 0 Å². The quantitative estimate of drug-likeness (QED) is 0.534. The van der Waals surface area contributed by atoms with E-state index in [1.54, 1.807) is 12.1 Å². The predicted molar refractivity (Wildman–Crippen MR) is 102 cm³/mol. The van der Waals surface area contributed by atoms with Crippen LogP contribution in [0.25, 0.3) is 10.8 Å². The molecule has 1 unspecified atom stereocenters. The Labute approximate surface area is 164 Å². The van der Waals surface area contributed by atoms with E-state index in [9.17, 15) is 23.1 Å². The van der Waals surface area contributed by atoms with Gasteiger partial charge in [-0.25, -0.2) is 8.42 Å². The van der Waals surface area contributed by atoms with E-state index in [2.05, 4.69) is 0 Å². The molecule has 2 aromatic carbocycles. The minimum Gasteiger partial charge on any atom is -0.550 e. The number of carbonyl (C=O) groups excluding carboxylic acids is 2. The van der Waals surface area contributed by atoms with Gasteiger partial charge in [-0.3, -0.25) is 4.79 Å². The van der Waals surface area contributed by atoms with Crippen molar-refractivity contribution in [1.29, 1.82) is 0 Å². The van der Waals surface area contributed by atoms with Crippen LogP contribution in [0.2, 0.25) is 0 Å². The lowest BCUT2D eigenvalue weighted by atomic mass is 9.96. The maximum absolute atomic E-state index is 12.5. The molecular weight excluding hydrogens is 384 g/mol. The highest BCUT2D eigenvalue weighted by Gasteiger charge is 2.25. The van der Waals surface area contributed by atoms with Gasteiger partial charge < -0.3 is 19.4 Å². The molecule has 0 aliphatic rings. The lowest BCUT2D eigenvalue weighted by molar-refractivity contribution is -0.310. The Hall–Kier alpha value is -2.45. The highest BCUT2D eigenvalue weighted by molar-refractivity contribution is 7.91. The molecule has 0 bridgehead atoms. The summed E-state index contributed by atoms with van der Waals surface area (Å²) in [5.41, 5.74) is 0.741. The summed E-state index contributed by atoms with van der Waals surface area (Å²) in [5, 5.41) is 13.4. The van der Waals surface area contributed by atoms with Crippen LogP contribution < -0.4 is 5.11 Å². The van der Waals surface area contributed by atoms with Gasteiger partial charge in [0.1, 0.15) is 12.7 Å². The number of rotatable bonds is 10. The van der Waals surface area contributed by atoms with Crippen molar-refractivity contribution in [3.05, 3.63) is 48.0 Å². The molecule has 0 aliphatic heterocycles. The number of carbonyl (C=O) groups is 2. The Bertz CT molecular complexity index is 931. The van der Waals surface area contributed by atoms with E-state index in [4.69, 9.17) is 9.47 Å². The summed E-state index contributed by atoms with van der Waals surface area (Å²) >= 11 is 0. The number of methoxy groups -OCH3 is 1. The van der Waals surface area contributed by atoms with Gasteiger partial charge in [-0.2, -0.15) is 0 Å². The second kappa shape index (κ2) is 9.66. The molecule has 0 aliphatic carbocycles. The number of carboxylic acids is 1. The Morgan fingerprint density at radius 3 is 2.39 bits per heavy atom. The summed E-state index contributed by atoms with van der Waals surface area (Å²) in [6.07, 6.45) is -0.835. The predicted octanol–water partition coefficient (Wildman–Crippen LogP) is 0.741. The molecule has 0 heterocycles. The third-order valence-corrected chi connectivity index (χ3v) is 6.17. The third-order valence-electron chi connectivity index (χ3n) is 4.38. The molecule has 28 heavy (non-hydrogen) atoms. The molecule has 2 aromatic rings. The second-order valence-electron chi connectivity index (χ2n) is 6.60. The summed E-state index contributed by atoms with van der Waals surface area (Å²) in [7, 11) is -2.49. The molecule has 0 fully saturated rings. The van der Waals surface area contributed by atoms with Crippen LogP contribution in [-0.4, -0.2) is 51.7 Å². The summed E-state index contributed by atoms with van der Waals surface area (Å²) < 4.78 is 34.8. The van der Waals surface area contributed by atoms with Gasteiger partial charge in [0.25, 0.3) is 0 Å². The Morgan fingerprint density at radius 1 is 1.07 bits per heavy atom. The van der Waals surface area contributed by atoms with Gasteiger partial charge in [0, 0.05) is 25.9 Å². The molecule has 0 saturated heterocycles. The van der Waals surface area contributed by atoms with Crippen LogP contribution in [0.4, 0.5) is 0 Å². The van der Waals surface area contributed by atoms with Crippen molar-refractivity contribution in [2.45, 2.75) is 19.4 Å². The van der Waals surface area contributed by atoms with Gasteiger partial charge in [0.2, 0.25) is 0 Å². The fraction of sp³-hybridized carbons (Fsp3) is 0.400. The summed E-state index contributed by atoms with van der Waals surface area (Å²) in [4.78, 5) is 22.5. The zero-order valence-electron chi connectivity index (χ0n) is 15.8. The number of carboxylic acid groups (broad SMARTS) is 1. The van der Waals surface area contributed by atoms with Crippen molar-refractivity contribution in [1.82, 2.24) is 0 Å². The van der Waals surface area contributed by atoms with Gasteiger partial charge in [-0.15, -0.1) is 0 Å². The number of benzene rings is 2. The fourth-order valence-electron chi connectivity index (χ4n) is 3.00. The average Bonchev–Trinajstić information content (AvgIpc) is 2.64. The highest BCUT2D eigenvalue weighted by Crippen LogP contribution is 2.22. The topological polar surface area (TPSA) is 110 Å². The maximum atomic E-state index is 12.5. The summed E-state index contributed by atoms with van der Waals surface area (Å²) in [6.45, 7) is 0.988. The van der Waals surface area contributed by atoms with Gasteiger partial charge in [-0.05, 0) is 22.8 Å². The van der Waals surface area contributed by atoms with Gasteiger partial charge >= 0.3 is 5.97 Å². The largest absolute Gasteiger partial charge is 0.550 e. The Kier molecular flexibility index (Phi) is 7.53. The zero-order chi connectivity index (χ0) is 20.7. The molecule has 0 aromatic heterocycles. The van der Waals surface area contributed by atoms with Crippen molar-refractivity contribution in [3.63, 3.8) is 0 Å². The van der Waals surface area contributed by atoms with Gasteiger partial charge in [0.15, 0.2) is 9.84 Å². The lowest BCUT2D eigenvalue weighted by Gasteiger charge is -2.21. The number of fused-ring (bicyclic) bond motifs is 1. The molecule has 2 atom stereocenters. The first kappa shape index (κ1) is 21.8. The summed E-state index contributed by atoms with van der Waals surface area (Å²) in [6, 6.07) is 13.0. The smallest absolute Gasteiger partial charge is 0.302 e. The second-order valence-corrected chi connectivity index (χ2v) is 8.75. The fourth-order valence-corrected chi connectivity index (χ4v) is 4.80. The van der Waals surface area contributed by atoms with Crippen molar-refractivity contribution in [2.24, 2.45) is 5.92 Å². The van der Waals surface area contributed by atoms with Crippen LogP contribution >= 0.6 is 0 Å². The first-order chi connectivity index (χ1) is 13.2. The van der Waals surface area contributed by atoms with Crippen LogP contribution in [0.15, 0.2) is 42.5 Å². The molecule has 152 valence electrons. The first-order valence-corrected chi connectivity index (χ1v) is 10.6. The maximum Gasteiger partial charge on any atom is 0.302 e. The summed E-state index contributed by atoms with van der Waals surface area (Å²) in [5.74, 6) is -4.22. The Morgan fingerprint density at radius 2 is 1.75 bits per heavy atom. The van der Waals surface area contributed by atoms with Crippen LogP contribution in [0.3, 0.4) is 0 Å². The molecule has 8 heteroatoms. The minimum absolute atomic E-state index is 0.0323. The minimum atomic E-state index is -3.80. The van der Waals surface area contributed by atoms with Crippen molar-refractivity contribution >= 4 is 32.5 Å². The molecule has 7 nitrogen and oxygen atoms in total. The Balaban J connectivity index is 2.15. The standard InChI is InChI=1S/C20H24O7S/c1-14(21)27-11-18(26-2)13-28(24,25)12-17(20(22)23)10-16-8-5-7-15-6-3-4-9-19(15)16/h3-9,17-18H,10-13H2,1-2H3,(H,22,23)/p-1/t17-,18?/m1/s1. The molecule has 0 amide bonds. The van der Waals surface area contributed by atoms with Crippen LogP contribution in [0.1, 0.15) is 12.5 Å². The molecule has 0 N–H and O–H groups in total. The number of sulfone groups is 1. The number of esters is 1. The molecular formula is C20H23O7S-. The monoisotopic (exact) mass is 407 g/mol. The normalized spacial score (nSPS) is 13.8. The zero-order valence-corrected chi connectivity index (χ0v) is 16.6. The van der Waals surface area contributed by atoms with E-state index in [1.807, 2.05) is 30.3 Å². The number of hydrogen-bond donors (Lipinski definition) is 0. The molecule has 2 rings (SSSR count). The van der Waals surface area contributed by atoms with Gasteiger partial charge in [0.05, 0.1) is 11.5 Å². The first-order valence-electron chi connectivity index (χ1n) is 8.76. The van der Waals surface area contributed by atoms with Crippen molar-refractivity contribution < 1.29 is 32.6 Å². The highest BCUT2D eigenvalue weighted by atomic mass is 32.2. The van der Waals surface area contributed by atoms with E-state index in [0.717, 1.165) is 16.3 Å². The average molecular weight is 407 g/mol. The van der Waals surface area contributed by atoms with E-state index in [1.165, 1.54) is 14.0 Å². The SMILES string of the molecule is COC(COC(C)=O)CS(=O)(=O)C[C@@H](Cc1cccc2ccccc12)C(=O)[O-]. The number of aliphatic carboxylic acids is 1. The number of hydrogen-bond acceptors (Lipinski definition) is 7. The van der Waals surface area contributed by atoms with E-state index in [-0.39, 0.29) is 13.0 Å². The van der Waals surface area contributed by atoms with Crippen molar-refractivity contribution in [3.8, 4) is 0 Å². The third kappa shape index (κ3) is 6.31. The molecule has 0 radical (unpaired) electrons.